The fourth-order valence-electron chi connectivity index (χ4n) is 6.41. The summed E-state index contributed by atoms with van der Waals surface area (Å²) in [6.45, 7) is 1.56. The van der Waals surface area contributed by atoms with Crippen LogP contribution in [0.3, 0.4) is 0 Å². The minimum absolute atomic E-state index is 0.110. The molecule has 4 aliphatic carbocycles. The standard InChI is InChI=1S/C23H29NO5/c25-21(24-14-23-10-16-5-17(11-23)7-18(6-16)12-23)13-29-22(26)9-15-1-2-19-20(8-15)28-4-3-27-19/h1-2,8,16-18H,3-7,9-14H2,(H,24,25). The molecule has 4 bridgehead atoms. The lowest BCUT2D eigenvalue weighted by Gasteiger charge is -2.56. The SMILES string of the molecule is O=C(COC(=O)Cc1ccc2c(c1)OCCO2)NCC12CC3CC(CC(C3)C1)C2. The van der Waals surface area contributed by atoms with E-state index in [2.05, 4.69) is 5.32 Å². The Morgan fingerprint density at radius 2 is 1.66 bits per heavy atom. The van der Waals surface area contributed by atoms with Crippen LogP contribution in [0.2, 0.25) is 0 Å². The summed E-state index contributed by atoms with van der Waals surface area (Å²) in [6.07, 6.45) is 8.05. The van der Waals surface area contributed by atoms with Gasteiger partial charge in [0.15, 0.2) is 18.1 Å². The van der Waals surface area contributed by atoms with E-state index < -0.39 is 5.97 Å². The van der Waals surface area contributed by atoms with Crippen molar-refractivity contribution in [2.75, 3.05) is 26.4 Å². The monoisotopic (exact) mass is 399 g/mol. The molecule has 156 valence electrons. The number of hydrogen-bond donors (Lipinski definition) is 1. The summed E-state index contributed by atoms with van der Waals surface area (Å²) in [5, 5.41) is 3.05. The highest BCUT2D eigenvalue weighted by atomic mass is 16.6. The molecule has 4 fully saturated rings. The average molecular weight is 399 g/mol. The fraction of sp³-hybridized carbons (Fsp3) is 0.652. The van der Waals surface area contributed by atoms with E-state index >= 15 is 0 Å². The van der Waals surface area contributed by atoms with Gasteiger partial charge < -0.3 is 19.5 Å². The van der Waals surface area contributed by atoms with Crippen molar-refractivity contribution >= 4 is 11.9 Å². The molecule has 0 spiro atoms. The second-order valence-corrected chi connectivity index (χ2v) is 9.51. The zero-order valence-corrected chi connectivity index (χ0v) is 16.8. The van der Waals surface area contributed by atoms with Crippen LogP contribution in [0, 0.1) is 23.2 Å². The van der Waals surface area contributed by atoms with Crippen molar-refractivity contribution in [3.63, 3.8) is 0 Å². The van der Waals surface area contributed by atoms with Gasteiger partial charge in [0.1, 0.15) is 13.2 Å². The van der Waals surface area contributed by atoms with E-state index in [9.17, 15) is 9.59 Å². The summed E-state index contributed by atoms with van der Waals surface area (Å²) >= 11 is 0. The molecule has 29 heavy (non-hydrogen) atoms. The van der Waals surface area contributed by atoms with Crippen LogP contribution < -0.4 is 14.8 Å². The molecular weight excluding hydrogens is 370 g/mol. The molecule has 1 aromatic rings. The Kier molecular flexibility index (Phi) is 4.88. The lowest BCUT2D eigenvalue weighted by atomic mass is 9.49. The van der Waals surface area contributed by atoms with Crippen molar-refractivity contribution in [1.29, 1.82) is 0 Å². The lowest BCUT2D eigenvalue weighted by molar-refractivity contribution is -0.148. The number of carbonyl (C=O) groups excluding carboxylic acids is 2. The summed E-state index contributed by atoms with van der Waals surface area (Å²) in [7, 11) is 0. The molecule has 5 aliphatic rings. The van der Waals surface area contributed by atoms with Gasteiger partial charge in [-0.2, -0.15) is 0 Å². The number of ether oxygens (including phenoxy) is 3. The predicted molar refractivity (Wildman–Crippen MR) is 106 cm³/mol. The van der Waals surface area contributed by atoms with Gasteiger partial charge in [0.05, 0.1) is 6.42 Å². The number of hydrogen-bond acceptors (Lipinski definition) is 5. The van der Waals surface area contributed by atoms with Crippen molar-refractivity contribution in [1.82, 2.24) is 5.32 Å². The maximum Gasteiger partial charge on any atom is 0.310 e. The second-order valence-electron chi connectivity index (χ2n) is 9.51. The number of benzene rings is 1. The molecule has 0 saturated heterocycles. The maximum atomic E-state index is 12.3. The van der Waals surface area contributed by atoms with Crippen molar-refractivity contribution in [3.05, 3.63) is 23.8 Å². The smallest absolute Gasteiger partial charge is 0.310 e. The molecule has 6 nitrogen and oxygen atoms in total. The van der Waals surface area contributed by atoms with Crippen LogP contribution in [0.5, 0.6) is 11.5 Å². The first-order valence-electron chi connectivity index (χ1n) is 10.9. The molecular formula is C23H29NO5. The highest BCUT2D eigenvalue weighted by Crippen LogP contribution is 2.59. The molecule has 0 aromatic heterocycles. The molecule has 1 heterocycles. The Bertz CT molecular complexity index is 769. The quantitative estimate of drug-likeness (QED) is 0.745. The van der Waals surface area contributed by atoms with E-state index in [0.717, 1.165) is 29.9 Å². The molecule has 1 amide bonds. The summed E-state index contributed by atoms with van der Waals surface area (Å²) in [5.74, 6) is 3.32. The molecule has 1 aliphatic heterocycles. The highest BCUT2D eigenvalue weighted by Gasteiger charge is 2.50. The van der Waals surface area contributed by atoms with Crippen LogP contribution in [0.1, 0.15) is 44.1 Å². The van der Waals surface area contributed by atoms with Crippen LogP contribution in [0.15, 0.2) is 18.2 Å². The van der Waals surface area contributed by atoms with Crippen LogP contribution in [0.25, 0.3) is 0 Å². The van der Waals surface area contributed by atoms with Gasteiger partial charge >= 0.3 is 5.97 Å². The van der Waals surface area contributed by atoms with Gasteiger partial charge in [-0.1, -0.05) is 6.07 Å². The predicted octanol–water partition coefficient (Wildman–Crippen LogP) is 2.88. The Labute approximate surface area is 171 Å². The third-order valence-corrected chi connectivity index (χ3v) is 7.14. The van der Waals surface area contributed by atoms with Crippen LogP contribution in [-0.2, 0) is 20.7 Å². The van der Waals surface area contributed by atoms with Crippen molar-refractivity contribution in [2.24, 2.45) is 23.2 Å². The minimum atomic E-state index is -0.411. The number of nitrogens with one attached hydrogen (secondary N) is 1. The van der Waals surface area contributed by atoms with E-state index in [1.807, 2.05) is 6.07 Å². The summed E-state index contributed by atoms with van der Waals surface area (Å²) < 4.78 is 16.2. The van der Waals surface area contributed by atoms with E-state index in [-0.39, 0.29) is 18.9 Å². The van der Waals surface area contributed by atoms with Gasteiger partial charge in [-0.25, -0.2) is 0 Å². The van der Waals surface area contributed by atoms with Gasteiger partial charge in [0.25, 0.3) is 5.91 Å². The van der Waals surface area contributed by atoms with E-state index in [0.29, 0.717) is 30.1 Å². The summed E-state index contributed by atoms with van der Waals surface area (Å²) in [5.41, 5.74) is 1.08. The summed E-state index contributed by atoms with van der Waals surface area (Å²) in [6, 6.07) is 5.42. The zero-order valence-electron chi connectivity index (χ0n) is 16.8. The first-order valence-corrected chi connectivity index (χ1v) is 10.9. The number of carbonyl (C=O) groups is 2. The Balaban J connectivity index is 1.08. The second kappa shape index (κ2) is 7.54. The maximum absolute atomic E-state index is 12.3. The van der Waals surface area contributed by atoms with Gasteiger partial charge in [0.2, 0.25) is 0 Å². The normalized spacial score (nSPS) is 31.4. The molecule has 0 atom stereocenters. The third kappa shape index (κ3) is 4.07. The first kappa shape index (κ1) is 18.8. The van der Waals surface area contributed by atoms with Crippen LogP contribution in [0.4, 0.5) is 0 Å². The molecule has 1 aromatic carbocycles. The topological polar surface area (TPSA) is 73.9 Å². The third-order valence-electron chi connectivity index (χ3n) is 7.14. The fourth-order valence-corrected chi connectivity index (χ4v) is 6.41. The van der Waals surface area contributed by atoms with E-state index in [1.54, 1.807) is 12.1 Å². The Hall–Kier alpha value is -2.24. The lowest BCUT2D eigenvalue weighted by Crippen LogP contribution is -2.51. The molecule has 0 radical (unpaired) electrons. The highest BCUT2D eigenvalue weighted by molar-refractivity contribution is 5.81. The van der Waals surface area contributed by atoms with Crippen molar-refractivity contribution in [2.45, 2.75) is 44.9 Å². The minimum Gasteiger partial charge on any atom is -0.486 e. The number of esters is 1. The van der Waals surface area contributed by atoms with Crippen molar-refractivity contribution in [3.8, 4) is 11.5 Å². The Morgan fingerprint density at radius 3 is 2.34 bits per heavy atom. The van der Waals surface area contributed by atoms with Crippen LogP contribution >= 0.6 is 0 Å². The molecule has 6 rings (SSSR count). The van der Waals surface area contributed by atoms with Gasteiger partial charge in [-0.05, 0) is 79.4 Å². The Morgan fingerprint density at radius 1 is 1.00 bits per heavy atom. The number of fused-ring (bicyclic) bond motifs is 1. The van der Waals surface area contributed by atoms with Crippen molar-refractivity contribution < 1.29 is 23.8 Å². The first-order chi connectivity index (χ1) is 14.1. The zero-order chi connectivity index (χ0) is 19.8. The van der Waals surface area contributed by atoms with E-state index in [1.165, 1.54) is 38.5 Å². The van der Waals surface area contributed by atoms with Gasteiger partial charge in [-0.15, -0.1) is 0 Å². The van der Waals surface area contributed by atoms with Gasteiger partial charge in [-0.3, -0.25) is 9.59 Å². The van der Waals surface area contributed by atoms with E-state index in [4.69, 9.17) is 14.2 Å². The largest absolute Gasteiger partial charge is 0.486 e. The summed E-state index contributed by atoms with van der Waals surface area (Å²) in [4.78, 5) is 24.4. The van der Waals surface area contributed by atoms with Gasteiger partial charge in [0, 0.05) is 6.54 Å². The van der Waals surface area contributed by atoms with Crippen LogP contribution in [-0.4, -0.2) is 38.2 Å². The molecule has 4 saturated carbocycles. The average Bonchev–Trinajstić information content (AvgIpc) is 2.70. The molecule has 0 unspecified atom stereocenters. The molecule has 6 heteroatoms. The molecule has 1 N–H and O–H groups in total. The number of rotatable bonds is 6. The number of amides is 1.